The molecule has 8 heteroatoms. The summed E-state index contributed by atoms with van der Waals surface area (Å²) < 4.78 is 0.808. The van der Waals surface area contributed by atoms with Crippen LogP contribution in [0, 0.1) is 6.92 Å². The lowest BCUT2D eigenvalue weighted by Crippen LogP contribution is -2.09. The second-order valence-corrected chi connectivity index (χ2v) is 8.28. The number of carbonyl (C=O) groups is 1. The molecule has 0 aliphatic rings. The molecule has 1 amide bonds. The average molecular weight is 382 g/mol. The third-order valence-electron chi connectivity index (χ3n) is 2.83. The Morgan fingerprint density at radius 1 is 1.35 bits per heavy atom. The van der Waals surface area contributed by atoms with Gasteiger partial charge < -0.3 is 0 Å². The Kier molecular flexibility index (Phi) is 5.32. The van der Waals surface area contributed by atoms with Crippen LogP contribution in [-0.4, -0.2) is 16.1 Å². The van der Waals surface area contributed by atoms with Crippen molar-refractivity contribution in [2.75, 3.05) is 5.32 Å². The molecule has 2 aromatic heterocycles. The number of hydrogen-bond acceptors (Lipinski definition) is 6. The molecule has 0 unspecified atom stereocenters. The Morgan fingerprint density at radius 2 is 2.22 bits per heavy atom. The van der Waals surface area contributed by atoms with Gasteiger partial charge in [0.05, 0.1) is 4.88 Å². The molecule has 1 N–H and O–H groups in total. The molecular formula is C15H12ClN3OS3. The zero-order valence-corrected chi connectivity index (χ0v) is 15.3. The van der Waals surface area contributed by atoms with Gasteiger partial charge in [0, 0.05) is 10.8 Å². The number of rotatable bonds is 5. The van der Waals surface area contributed by atoms with Crippen molar-refractivity contribution in [1.29, 1.82) is 0 Å². The fourth-order valence-corrected chi connectivity index (χ4v) is 4.50. The van der Waals surface area contributed by atoms with Crippen LogP contribution in [0.4, 0.5) is 5.13 Å². The molecule has 4 nitrogen and oxygen atoms in total. The molecule has 0 saturated carbocycles. The zero-order chi connectivity index (χ0) is 16.2. The maximum absolute atomic E-state index is 12.1. The number of benzene rings is 1. The van der Waals surface area contributed by atoms with Gasteiger partial charge in [-0.2, -0.15) is 0 Å². The van der Waals surface area contributed by atoms with Crippen LogP contribution in [0.5, 0.6) is 0 Å². The van der Waals surface area contributed by atoms with Gasteiger partial charge in [-0.05, 0) is 41.6 Å². The van der Waals surface area contributed by atoms with Gasteiger partial charge >= 0.3 is 0 Å². The standard InChI is InChI=1S/C15H12ClN3OS3/c1-9-5-12(21-7-9)13(20)17-14-18-19-15(23-14)22-8-10-3-2-4-11(16)6-10/h2-7H,8H2,1H3,(H,17,18,20). The summed E-state index contributed by atoms with van der Waals surface area (Å²) in [5.74, 6) is 0.610. The summed E-state index contributed by atoms with van der Waals surface area (Å²) in [6, 6.07) is 9.57. The quantitative estimate of drug-likeness (QED) is 0.493. The molecule has 0 spiro atoms. The molecule has 0 atom stereocenters. The number of halogens is 1. The number of nitrogens with one attached hydrogen (secondary N) is 1. The van der Waals surface area contributed by atoms with E-state index in [9.17, 15) is 4.79 Å². The molecular weight excluding hydrogens is 370 g/mol. The smallest absolute Gasteiger partial charge is 0.267 e. The number of thiophene rings is 1. The molecule has 23 heavy (non-hydrogen) atoms. The third kappa shape index (κ3) is 4.54. The van der Waals surface area contributed by atoms with Crippen molar-refractivity contribution >= 4 is 57.1 Å². The highest BCUT2D eigenvalue weighted by Crippen LogP contribution is 2.29. The fraction of sp³-hybridized carbons (Fsp3) is 0.133. The lowest BCUT2D eigenvalue weighted by atomic mass is 10.2. The number of aromatic nitrogens is 2. The summed E-state index contributed by atoms with van der Waals surface area (Å²) >= 11 is 10.3. The summed E-state index contributed by atoms with van der Waals surface area (Å²) in [4.78, 5) is 12.7. The SMILES string of the molecule is Cc1csc(C(=O)Nc2nnc(SCc3cccc(Cl)c3)s2)c1. The predicted molar refractivity (Wildman–Crippen MR) is 97.9 cm³/mol. The number of anilines is 1. The molecule has 3 aromatic rings. The van der Waals surface area contributed by atoms with Crippen LogP contribution >= 0.6 is 46.0 Å². The summed E-state index contributed by atoms with van der Waals surface area (Å²) in [5.41, 5.74) is 2.20. The van der Waals surface area contributed by atoms with E-state index >= 15 is 0 Å². The Labute approximate surface area is 150 Å². The summed E-state index contributed by atoms with van der Waals surface area (Å²) in [6.45, 7) is 1.96. The van der Waals surface area contributed by atoms with Crippen LogP contribution in [0.3, 0.4) is 0 Å². The maximum Gasteiger partial charge on any atom is 0.267 e. The maximum atomic E-state index is 12.1. The highest BCUT2D eigenvalue weighted by molar-refractivity contribution is 8.00. The van der Waals surface area contributed by atoms with E-state index in [4.69, 9.17) is 11.6 Å². The van der Waals surface area contributed by atoms with E-state index in [1.165, 1.54) is 22.7 Å². The number of thioether (sulfide) groups is 1. The van der Waals surface area contributed by atoms with E-state index in [2.05, 4.69) is 15.5 Å². The predicted octanol–water partition coefficient (Wildman–Crippen LogP) is 5.11. The number of amides is 1. The first kappa shape index (κ1) is 16.4. The molecule has 118 valence electrons. The second kappa shape index (κ2) is 7.44. The Balaban J connectivity index is 1.58. The first-order chi connectivity index (χ1) is 11.1. The number of nitrogens with zero attached hydrogens (tertiary/aromatic N) is 2. The fourth-order valence-electron chi connectivity index (χ4n) is 1.80. The topological polar surface area (TPSA) is 54.9 Å². The van der Waals surface area contributed by atoms with Gasteiger partial charge in [-0.15, -0.1) is 21.5 Å². The molecule has 1 aromatic carbocycles. The van der Waals surface area contributed by atoms with Crippen molar-refractivity contribution in [1.82, 2.24) is 10.2 Å². The Bertz CT molecular complexity index is 831. The molecule has 0 aliphatic heterocycles. The first-order valence-corrected chi connectivity index (χ1v) is 9.73. The average Bonchev–Trinajstić information content (AvgIpc) is 3.14. The number of aryl methyl sites for hydroxylation is 1. The van der Waals surface area contributed by atoms with Gasteiger partial charge in [0.25, 0.3) is 5.91 Å². The molecule has 0 bridgehead atoms. The van der Waals surface area contributed by atoms with Crippen LogP contribution in [0.2, 0.25) is 5.02 Å². The molecule has 0 aliphatic carbocycles. The largest absolute Gasteiger partial charge is 0.296 e. The van der Waals surface area contributed by atoms with Gasteiger partial charge in [0.15, 0.2) is 4.34 Å². The minimum atomic E-state index is -0.148. The van der Waals surface area contributed by atoms with Crippen molar-refractivity contribution in [3.05, 3.63) is 56.7 Å². The van der Waals surface area contributed by atoms with Crippen LogP contribution in [-0.2, 0) is 5.75 Å². The Hall–Kier alpha value is -1.41. The van der Waals surface area contributed by atoms with Crippen molar-refractivity contribution in [2.24, 2.45) is 0 Å². The van der Waals surface area contributed by atoms with Crippen LogP contribution in [0.25, 0.3) is 0 Å². The molecule has 2 heterocycles. The van der Waals surface area contributed by atoms with E-state index < -0.39 is 0 Å². The van der Waals surface area contributed by atoms with E-state index in [1.807, 2.05) is 42.6 Å². The number of hydrogen-bond donors (Lipinski definition) is 1. The van der Waals surface area contributed by atoms with Gasteiger partial charge in [-0.1, -0.05) is 46.8 Å². The minimum Gasteiger partial charge on any atom is -0.296 e. The van der Waals surface area contributed by atoms with Crippen molar-refractivity contribution in [3.63, 3.8) is 0 Å². The Morgan fingerprint density at radius 3 is 2.96 bits per heavy atom. The summed E-state index contributed by atoms with van der Waals surface area (Å²) in [7, 11) is 0. The lowest BCUT2D eigenvalue weighted by Gasteiger charge is -1.99. The third-order valence-corrected chi connectivity index (χ3v) is 6.16. The van der Waals surface area contributed by atoms with Crippen molar-refractivity contribution in [2.45, 2.75) is 17.0 Å². The van der Waals surface area contributed by atoms with E-state index in [1.54, 1.807) is 11.8 Å². The monoisotopic (exact) mass is 381 g/mol. The highest BCUT2D eigenvalue weighted by atomic mass is 35.5. The second-order valence-electron chi connectivity index (χ2n) is 4.73. The number of carbonyl (C=O) groups excluding carboxylic acids is 1. The highest BCUT2D eigenvalue weighted by Gasteiger charge is 2.12. The van der Waals surface area contributed by atoms with Crippen LogP contribution < -0.4 is 5.32 Å². The molecule has 3 rings (SSSR count). The first-order valence-electron chi connectivity index (χ1n) is 6.67. The van der Waals surface area contributed by atoms with Crippen LogP contribution in [0.15, 0.2) is 40.1 Å². The van der Waals surface area contributed by atoms with Crippen molar-refractivity contribution < 1.29 is 4.79 Å². The van der Waals surface area contributed by atoms with Gasteiger partial charge in [0.1, 0.15) is 0 Å². The minimum absolute atomic E-state index is 0.148. The van der Waals surface area contributed by atoms with Gasteiger partial charge in [0.2, 0.25) is 5.13 Å². The molecule has 0 saturated heterocycles. The van der Waals surface area contributed by atoms with Crippen LogP contribution in [0.1, 0.15) is 20.8 Å². The van der Waals surface area contributed by atoms with E-state index in [-0.39, 0.29) is 5.91 Å². The molecule has 0 radical (unpaired) electrons. The van der Waals surface area contributed by atoms with Gasteiger partial charge in [-0.3, -0.25) is 10.1 Å². The molecule has 0 fully saturated rings. The normalized spacial score (nSPS) is 10.7. The van der Waals surface area contributed by atoms with E-state index in [0.717, 1.165) is 26.2 Å². The summed E-state index contributed by atoms with van der Waals surface area (Å²) in [5, 5.41) is 14.1. The van der Waals surface area contributed by atoms with Gasteiger partial charge in [-0.25, -0.2) is 0 Å². The van der Waals surface area contributed by atoms with Crippen molar-refractivity contribution in [3.8, 4) is 0 Å². The zero-order valence-electron chi connectivity index (χ0n) is 12.1. The lowest BCUT2D eigenvalue weighted by molar-refractivity contribution is 0.103. The van der Waals surface area contributed by atoms with E-state index in [0.29, 0.717) is 10.0 Å². The summed E-state index contributed by atoms with van der Waals surface area (Å²) in [6.07, 6.45) is 0.